The van der Waals surface area contributed by atoms with Crippen molar-refractivity contribution in [2.24, 2.45) is 5.92 Å². The maximum atomic E-state index is 4.83. The molecule has 1 heterocycles. The van der Waals surface area contributed by atoms with E-state index in [-0.39, 0.29) is 0 Å². The van der Waals surface area contributed by atoms with Crippen LogP contribution in [0.1, 0.15) is 76.9 Å². The maximum Gasteiger partial charge on any atom is 0.0640 e. The second kappa shape index (κ2) is 8.57. The third kappa shape index (κ3) is 4.57. The van der Waals surface area contributed by atoms with Crippen LogP contribution in [0.4, 0.5) is 0 Å². The van der Waals surface area contributed by atoms with Crippen molar-refractivity contribution in [2.45, 2.75) is 83.7 Å². The van der Waals surface area contributed by atoms with Gasteiger partial charge in [-0.15, -0.1) is 0 Å². The molecule has 3 heteroatoms. The van der Waals surface area contributed by atoms with Gasteiger partial charge in [-0.1, -0.05) is 39.5 Å². The molecule has 1 unspecified atom stereocenters. The van der Waals surface area contributed by atoms with Gasteiger partial charge in [-0.3, -0.25) is 4.68 Å². The first-order chi connectivity index (χ1) is 10.3. The number of hydrogen-bond acceptors (Lipinski definition) is 2. The van der Waals surface area contributed by atoms with E-state index in [9.17, 15) is 0 Å². The zero-order chi connectivity index (χ0) is 15.1. The molecule has 1 atom stereocenters. The molecule has 3 nitrogen and oxygen atoms in total. The van der Waals surface area contributed by atoms with Gasteiger partial charge in [0.2, 0.25) is 0 Å². The number of aromatic nitrogens is 2. The van der Waals surface area contributed by atoms with Crippen molar-refractivity contribution in [1.82, 2.24) is 15.1 Å². The Kier molecular flexibility index (Phi) is 6.75. The lowest BCUT2D eigenvalue weighted by Crippen LogP contribution is -2.35. The summed E-state index contributed by atoms with van der Waals surface area (Å²) in [6, 6.07) is 3.37. The lowest BCUT2D eigenvalue weighted by molar-refractivity contribution is 0.328. The van der Waals surface area contributed by atoms with Gasteiger partial charge in [0.25, 0.3) is 0 Å². The van der Waals surface area contributed by atoms with Gasteiger partial charge in [-0.05, 0) is 44.7 Å². The average molecular weight is 291 g/mol. The summed E-state index contributed by atoms with van der Waals surface area (Å²) in [5.74, 6) is 0.829. The first-order valence-corrected chi connectivity index (χ1v) is 8.99. The fourth-order valence-electron chi connectivity index (χ4n) is 3.80. The molecule has 0 bridgehead atoms. The second-order valence-electron chi connectivity index (χ2n) is 6.61. The fraction of sp³-hybridized carbons (Fsp3) is 0.833. The van der Waals surface area contributed by atoms with Crippen molar-refractivity contribution >= 4 is 0 Å². The van der Waals surface area contributed by atoms with Crippen LogP contribution in [0, 0.1) is 5.92 Å². The van der Waals surface area contributed by atoms with Gasteiger partial charge in [0.1, 0.15) is 0 Å². The largest absolute Gasteiger partial charge is 0.316 e. The number of nitrogens with zero attached hydrogens (tertiary/aromatic N) is 2. The Morgan fingerprint density at radius 2 is 1.86 bits per heavy atom. The molecule has 0 spiro atoms. The molecule has 1 aliphatic carbocycles. The first-order valence-electron chi connectivity index (χ1n) is 8.99. The van der Waals surface area contributed by atoms with E-state index < -0.39 is 0 Å². The third-order valence-electron chi connectivity index (χ3n) is 5.25. The van der Waals surface area contributed by atoms with Gasteiger partial charge in [0, 0.05) is 18.7 Å². The van der Waals surface area contributed by atoms with Crippen molar-refractivity contribution in [1.29, 1.82) is 0 Å². The van der Waals surface area contributed by atoms with E-state index >= 15 is 0 Å². The normalized spacial score (nSPS) is 18.9. The highest BCUT2D eigenvalue weighted by Crippen LogP contribution is 2.27. The molecule has 2 rings (SSSR count). The molecule has 1 aromatic heterocycles. The summed E-state index contributed by atoms with van der Waals surface area (Å²) in [4.78, 5) is 0. The maximum absolute atomic E-state index is 4.83. The molecule has 21 heavy (non-hydrogen) atoms. The van der Waals surface area contributed by atoms with Crippen LogP contribution in [0.25, 0.3) is 0 Å². The molecule has 120 valence electrons. The van der Waals surface area contributed by atoms with E-state index in [1.807, 2.05) is 0 Å². The molecule has 0 saturated heterocycles. The SMILES string of the molecule is CCC(CC)n1ccc(CC(NC)C2CCCCCC2)n1. The monoisotopic (exact) mass is 291 g/mol. The van der Waals surface area contributed by atoms with Gasteiger partial charge >= 0.3 is 0 Å². The van der Waals surface area contributed by atoms with Crippen LogP contribution in [0.2, 0.25) is 0 Å². The molecule has 1 saturated carbocycles. The summed E-state index contributed by atoms with van der Waals surface area (Å²) in [5, 5.41) is 8.40. The van der Waals surface area contributed by atoms with Crippen molar-refractivity contribution < 1.29 is 0 Å². The summed E-state index contributed by atoms with van der Waals surface area (Å²) < 4.78 is 2.18. The predicted molar refractivity (Wildman–Crippen MR) is 89.6 cm³/mol. The lowest BCUT2D eigenvalue weighted by atomic mass is 9.89. The quantitative estimate of drug-likeness (QED) is 0.757. The van der Waals surface area contributed by atoms with Gasteiger partial charge in [-0.2, -0.15) is 5.10 Å². The van der Waals surface area contributed by atoms with E-state index in [0.717, 1.165) is 25.2 Å². The zero-order valence-electron chi connectivity index (χ0n) is 14.1. The smallest absolute Gasteiger partial charge is 0.0640 e. The van der Waals surface area contributed by atoms with Crippen molar-refractivity contribution in [3.63, 3.8) is 0 Å². The summed E-state index contributed by atoms with van der Waals surface area (Å²) in [6.45, 7) is 4.49. The number of rotatable bonds is 7. The first kappa shape index (κ1) is 16.5. The van der Waals surface area contributed by atoms with Crippen LogP contribution in [0.3, 0.4) is 0 Å². The number of nitrogens with one attached hydrogen (secondary N) is 1. The minimum absolute atomic E-state index is 0.560. The number of hydrogen-bond donors (Lipinski definition) is 1. The van der Waals surface area contributed by atoms with Crippen molar-refractivity contribution in [3.8, 4) is 0 Å². The second-order valence-corrected chi connectivity index (χ2v) is 6.61. The van der Waals surface area contributed by atoms with Crippen molar-refractivity contribution in [2.75, 3.05) is 7.05 Å². The fourth-order valence-corrected chi connectivity index (χ4v) is 3.80. The summed E-state index contributed by atoms with van der Waals surface area (Å²) in [6.07, 6.45) is 14.0. The van der Waals surface area contributed by atoms with Crippen LogP contribution in [-0.2, 0) is 6.42 Å². The van der Waals surface area contributed by atoms with E-state index in [1.165, 1.54) is 44.2 Å². The molecule has 1 aliphatic rings. The van der Waals surface area contributed by atoms with Crippen LogP contribution < -0.4 is 5.32 Å². The van der Waals surface area contributed by atoms with Gasteiger partial charge in [0.05, 0.1) is 11.7 Å². The molecular formula is C18H33N3. The van der Waals surface area contributed by atoms with E-state index in [4.69, 9.17) is 5.10 Å². The van der Waals surface area contributed by atoms with E-state index in [1.54, 1.807) is 0 Å². The molecular weight excluding hydrogens is 258 g/mol. The Hall–Kier alpha value is -0.830. The van der Waals surface area contributed by atoms with Gasteiger partial charge in [0.15, 0.2) is 0 Å². The van der Waals surface area contributed by atoms with E-state index in [2.05, 4.69) is 43.2 Å². The topological polar surface area (TPSA) is 29.9 Å². The minimum atomic E-state index is 0.560. The van der Waals surface area contributed by atoms with Crippen LogP contribution in [0.15, 0.2) is 12.3 Å². The molecule has 1 aromatic rings. The Morgan fingerprint density at radius 1 is 1.19 bits per heavy atom. The minimum Gasteiger partial charge on any atom is -0.316 e. The summed E-state index contributed by atoms with van der Waals surface area (Å²) in [7, 11) is 2.12. The summed E-state index contributed by atoms with van der Waals surface area (Å²) in [5.41, 5.74) is 1.26. The Morgan fingerprint density at radius 3 is 2.43 bits per heavy atom. The highest BCUT2D eigenvalue weighted by molar-refractivity contribution is 5.03. The standard InChI is InChI=1S/C18H33N3/c1-4-17(5-2)21-13-12-16(20-21)14-18(19-3)15-10-8-6-7-9-11-15/h12-13,15,17-19H,4-11,14H2,1-3H3. The van der Waals surface area contributed by atoms with Gasteiger partial charge in [-0.25, -0.2) is 0 Å². The molecule has 0 radical (unpaired) electrons. The van der Waals surface area contributed by atoms with Gasteiger partial charge < -0.3 is 5.32 Å². The van der Waals surface area contributed by atoms with Crippen LogP contribution in [0.5, 0.6) is 0 Å². The predicted octanol–water partition coefficient (Wildman–Crippen LogP) is 4.35. The molecule has 1 N–H and O–H groups in total. The highest BCUT2D eigenvalue weighted by Gasteiger charge is 2.22. The average Bonchev–Trinajstić information content (AvgIpc) is 2.79. The Labute approximate surface area is 130 Å². The molecule has 1 fully saturated rings. The van der Waals surface area contributed by atoms with E-state index in [0.29, 0.717) is 12.1 Å². The summed E-state index contributed by atoms with van der Waals surface area (Å²) >= 11 is 0. The highest BCUT2D eigenvalue weighted by atomic mass is 15.3. The molecule has 0 aliphatic heterocycles. The van der Waals surface area contributed by atoms with Crippen LogP contribution in [-0.4, -0.2) is 22.9 Å². The molecule has 0 aromatic carbocycles. The Bertz CT molecular complexity index is 387. The Balaban J connectivity index is 1.97. The zero-order valence-corrected chi connectivity index (χ0v) is 14.1. The third-order valence-corrected chi connectivity index (χ3v) is 5.25. The van der Waals surface area contributed by atoms with Crippen LogP contribution >= 0.6 is 0 Å². The molecule has 0 amide bonds. The van der Waals surface area contributed by atoms with Crippen molar-refractivity contribution in [3.05, 3.63) is 18.0 Å². The number of likely N-dealkylation sites (N-methyl/N-ethyl adjacent to an activating group) is 1. The lowest BCUT2D eigenvalue weighted by Gasteiger charge is -2.25.